The van der Waals surface area contributed by atoms with Gasteiger partial charge >= 0.3 is 0 Å². The van der Waals surface area contributed by atoms with Gasteiger partial charge in [-0.15, -0.1) is 0 Å². The van der Waals surface area contributed by atoms with Gasteiger partial charge in [-0.2, -0.15) is 0 Å². The Balaban J connectivity index is 0.000000131. The Morgan fingerprint density at radius 3 is 1.38 bits per heavy atom. The van der Waals surface area contributed by atoms with Crippen LogP contribution in [-0.2, 0) is 0 Å². The van der Waals surface area contributed by atoms with Crippen molar-refractivity contribution in [2.75, 3.05) is 0 Å². The van der Waals surface area contributed by atoms with Gasteiger partial charge in [0.05, 0.1) is 35.1 Å². The Labute approximate surface area is 594 Å². The van der Waals surface area contributed by atoms with E-state index in [1.165, 1.54) is 180 Å². The number of aliphatic hydroxyl groups is 6. The third-order valence-electron chi connectivity index (χ3n) is 36.6. The quantitative estimate of drug-likeness (QED) is 0.103. The van der Waals surface area contributed by atoms with E-state index in [9.17, 15) is 30.6 Å². The number of hydrogen-bond acceptors (Lipinski definition) is 6. The maximum absolute atomic E-state index is 11.2. The van der Waals surface area contributed by atoms with Crippen molar-refractivity contribution < 1.29 is 30.6 Å². The van der Waals surface area contributed by atoms with Crippen LogP contribution in [0, 0.1) is 145 Å². The van der Waals surface area contributed by atoms with Crippen LogP contribution in [0.15, 0.2) is 48.1 Å². The summed E-state index contributed by atoms with van der Waals surface area (Å²) in [4.78, 5) is 0. The van der Waals surface area contributed by atoms with Crippen LogP contribution in [-0.4, -0.2) is 65.8 Å². The molecular formula is C91H148O6. The van der Waals surface area contributed by atoms with Crippen LogP contribution >= 0.6 is 0 Å². The smallest absolute Gasteiger partial charge is 0.0752 e. The molecule has 548 valence electrons. The molecule has 0 amide bonds. The van der Waals surface area contributed by atoms with Crippen molar-refractivity contribution >= 4 is 6.08 Å². The summed E-state index contributed by atoms with van der Waals surface area (Å²) in [5.41, 5.74) is 3.89. The van der Waals surface area contributed by atoms with Crippen LogP contribution in [0.1, 0.15) is 333 Å². The largest absolute Gasteiger partial charge is 0.393 e. The van der Waals surface area contributed by atoms with E-state index in [0.717, 1.165) is 141 Å². The first-order valence-electron chi connectivity index (χ1n) is 42.7. The van der Waals surface area contributed by atoms with Crippen LogP contribution in [0.2, 0.25) is 0 Å². The average molecular weight is 1340 g/mol. The predicted octanol–water partition coefficient (Wildman–Crippen LogP) is 21.8. The van der Waals surface area contributed by atoms with Gasteiger partial charge in [0.15, 0.2) is 0 Å². The molecule has 0 bridgehead atoms. The Bertz CT molecular complexity index is 2850. The second-order valence-electron chi connectivity index (χ2n) is 40.7. The number of hydrogen-bond donors (Lipinski definition) is 6. The molecule has 15 rings (SSSR count). The van der Waals surface area contributed by atoms with Crippen LogP contribution in [0.25, 0.3) is 6.08 Å². The summed E-state index contributed by atoms with van der Waals surface area (Å²) in [7, 11) is 0. The highest BCUT2D eigenvalue weighted by Gasteiger charge is 2.65. The lowest BCUT2D eigenvalue weighted by molar-refractivity contribution is -0.154. The molecule has 0 saturated heterocycles. The summed E-state index contributed by atoms with van der Waals surface area (Å²) in [6, 6.07) is 10.3. The first-order valence-corrected chi connectivity index (χ1v) is 42.7. The molecule has 97 heavy (non-hydrogen) atoms. The monoisotopic (exact) mass is 1340 g/mol. The van der Waals surface area contributed by atoms with E-state index in [0.29, 0.717) is 73.9 Å². The second-order valence-corrected chi connectivity index (χ2v) is 40.7. The molecular weight excluding hydrogens is 1190 g/mol. The lowest BCUT2D eigenvalue weighted by atomic mass is 9.43. The molecule has 29 atom stereocenters. The molecule has 0 radical (unpaired) electrons. The lowest BCUT2D eigenvalue weighted by Crippen LogP contribution is -2.56. The Morgan fingerprint density at radius 1 is 0.433 bits per heavy atom. The van der Waals surface area contributed by atoms with Gasteiger partial charge in [0.2, 0.25) is 0 Å². The first-order chi connectivity index (χ1) is 46.0. The average Bonchev–Trinajstić information content (AvgIpc) is 1.69. The standard InChI is InChI=1S/C31H46O2.C30H52O2.C30H50O2/c1-21(28(32)15-10-22-8-6-5-7-9-22)25-13-14-26-24-12-11-23-20-29(2,33)18-19-30(23,3)27(24)16-17-31(25,26)4;2*1-5-30(32)17-16-28(3)22(19-30)10-11-23-25-13-12-24(29(25,4)15-14-26(23)28)20(2)27(31)18-21-8-6-7-9-21/h5-10,15,21,23-28,32-33H,11-14,16-20H2,1-4H3;20-27,31-32H,5-19H2,1-4H3;10,20-21,23-27,31-32H,5-9,11-19H2,1-4H3/b15-10+;;/t21-,23-,24-,25+,26-,27-,28-,29-,30-,31+;20-,22-,23-,24+,25-,26-,27-,28-,29+,30-;20-,23-,24+,25-,26-,27-,28-,29+,30-/m000/s1. The number of aliphatic hydroxyl groups excluding tert-OH is 3. The van der Waals surface area contributed by atoms with Crippen molar-refractivity contribution in [3.05, 3.63) is 53.6 Å². The summed E-state index contributed by atoms with van der Waals surface area (Å²) in [6.45, 7) is 29.1. The van der Waals surface area contributed by atoms with Crippen molar-refractivity contribution in [1.82, 2.24) is 0 Å². The van der Waals surface area contributed by atoms with Gasteiger partial charge in [-0.1, -0.05) is 182 Å². The molecule has 1 aromatic carbocycles. The van der Waals surface area contributed by atoms with Gasteiger partial charge in [-0.3, -0.25) is 0 Å². The molecule has 0 aliphatic heterocycles. The summed E-state index contributed by atoms with van der Waals surface area (Å²) in [5, 5.41) is 66.3. The van der Waals surface area contributed by atoms with Crippen molar-refractivity contribution in [1.29, 1.82) is 0 Å². The minimum Gasteiger partial charge on any atom is -0.393 e. The van der Waals surface area contributed by atoms with Crippen molar-refractivity contribution in [3.8, 4) is 0 Å². The zero-order valence-electron chi connectivity index (χ0n) is 64.4. The highest BCUT2D eigenvalue weighted by Crippen LogP contribution is 2.73. The van der Waals surface area contributed by atoms with E-state index >= 15 is 0 Å². The molecule has 6 nitrogen and oxygen atoms in total. The SMILES string of the molecule is CC[C@]1(O)CC[C@@]2(C)C(=CC[C@H]3[C@@H]4CC[C@H]([C@H](C)[C@@H](O)CC5CCCC5)[C@@]4(C)CC[C@@H]32)C1.CC[C@]1(O)CC[C@@]2(C)[C@@H](CC[C@@H]3[C@@H]2CC[C@]2(C)[C@@H]([C@H](C)[C@@H](O)CC4CCCC4)CC[C@@H]32)C1.C[C@@H]([C@H]1CC[C@H]2[C@@H]3CC[C@H]4C[C@@](C)(O)CC[C@]4(C)[C@H]3CC[C@]12C)[C@@H](O)/C=C/c1ccccc1. The van der Waals surface area contributed by atoms with E-state index in [1.807, 2.05) is 12.1 Å². The summed E-state index contributed by atoms with van der Waals surface area (Å²) < 4.78 is 0. The minimum absolute atomic E-state index is 0.0882. The normalized spacial score (nSPS) is 48.8. The van der Waals surface area contributed by atoms with Crippen LogP contribution in [0.5, 0.6) is 0 Å². The number of benzene rings is 1. The van der Waals surface area contributed by atoms with Gasteiger partial charge in [0.1, 0.15) is 0 Å². The summed E-state index contributed by atoms with van der Waals surface area (Å²) in [5.74, 6) is 13.8. The molecule has 0 spiro atoms. The minimum atomic E-state index is -0.454. The van der Waals surface area contributed by atoms with Gasteiger partial charge in [0, 0.05) is 0 Å². The van der Waals surface area contributed by atoms with Crippen molar-refractivity contribution in [3.63, 3.8) is 0 Å². The lowest BCUT2D eigenvalue weighted by Gasteiger charge is -2.62. The van der Waals surface area contributed by atoms with Crippen LogP contribution < -0.4 is 0 Å². The molecule has 14 aliphatic carbocycles. The fraction of sp³-hybridized carbons (Fsp3) is 0.890. The highest BCUT2D eigenvalue weighted by atomic mass is 16.3. The van der Waals surface area contributed by atoms with Crippen LogP contribution in [0.4, 0.5) is 0 Å². The summed E-state index contributed by atoms with van der Waals surface area (Å²) in [6.07, 6.45) is 53.5. The van der Waals surface area contributed by atoms with Crippen LogP contribution in [0.3, 0.4) is 0 Å². The van der Waals surface area contributed by atoms with E-state index in [-0.39, 0.29) is 23.9 Å². The van der Waals surface area contributed by atoms with Gasteiger partial charge in [-0.05, 0) is 350 Å². The fourth-order valence-corrected chi connectivity index (χ4v) is 30.1. The second kappa shape index (κ2) is 28.4. The first kappa shape index (κ1) is 73.8. The molecule has 13 fully saturated rings. The molecule has 0 aromatic heterocycles. The van der Waals surface area contributed by atoms with Gasteiger partial charge < -0.3 is 30.6 Å². The third kappa shape index (κ3) is 13.6. The van der Waals surface area contributed by atoms with Gasteiger partial charge in [-0.25, -0.2) is 0 Å². The molecule has 1 aromatic rings. The maximum Gasteiger partial charge on any atom is 0.0752 e. The topological polar surface area (TPSA) is 121 Å². The maximum atomic E-state index is 11.2. The summed E-state index contributed by atoms with van der Waals surface area (Å²) >= 11 is 0. The van der Waals surface area contributed by atoms with E-state index < -0.39 is 11.2 Å². The number of rotatable bonds is 14. The number of fused-ring (bicyclic) bond motifs is 15. The Morgan fingerprint density at radius 2 is 0.876 bits per heavy atom. The molecule has 13 saturated carbocycles. The zero-order chi connectivity index (χ0) is 68.9. The van der Waals surface area contributed by atoms with E-state index in [2.05, 4.69) is 120 Å². The van der Waals surface area contributed by atoms with E-state index in [1.54, 1.807) is 5.57 Å². The van der Waals surface area contributed by atoms with E-state index in [4.69, 9.17) is 0 Å². The molecule has 0 heterocycles. The predicted molar refractivity (Wildman–Crippen MR) is 401 cm³/mol. The molecule has 0 unspecified atom stereocenters. The fourth-order valence-electron chi connectivity index (χ4n) is 30.1. The molecule has 6 N–H and O–H groups in total. The van der Waals surface area contributed by atoms with Crippen molar-refractivity contribution in [2.24, 2.45) is 145 Å². The zero-order valence-corrected chi connectivity index (χ0v) is 64.4. The third-order valence-corrected chi connectivity index (χ3v) is 36.6. The van der Waals surface area contributed by atoms with Crippen molar-refractivity contribution in [2.45, 2.75) is 362 Å². The molecule has 6 heteroatoms. The highest BCUT2D eigenvalue weighted by molar-refractivity contribution is 5.49. The van der Waals surface area contributed by atoms with Gasteiger partial charge in [0.25, 0.3) is 0 Å². The Hall–Kier alpha value is -1.54. The Kier molecular flexibility index (Phi) is 21.6. The molecule has 14 aliphatic rings. The number of allylic oxidation sites excluding steroid dienone is 1.